The van der Waals surface area contributed by atoms with E-state index >= 15 is 0 Å². The van der Waals surface area contributed by atoms with Crippen LogP contribution in [-0.4, -0.2) is 39.6 Å². The first-order valence-corrected chi connectivity index (χ1v) is 5.45. The molecule has 76 valence electrons. The van der Waals surface area contributed by atoms with Crippen LogP contribution in [0.3, 0.4) is 0 Å². The van der Waals surface area contributed by atoms with Crippen molar-refractivity contribution in [3.8, 4) is 0 Å². The Bertz CT molecular complexity index is 187. The van der Waals surface area contributed by atoms with Gasteiger partial charge in [0.15, 0.2) is 6.10 Å². The van der Waals surface area contributed by atoms with Gasteiger partial charge >= 0.3 is 6.18 Å². The van der Waals surface area contributed by atoms with Gasteiger partial charge in [0.2, 0.25) is 0 Å². The summed E-state index contributed by atoms with van der Waals surface area (Å²) in [5.74, 6) is -0.528. The Kier molecular flexibility index (Phi) is 3.29. The second-order valence-corrected chi connectivity index (χ2v) is 4.82. The fraction of sp³-hybridized carbons (Fsp3) is 1.00. The molecular formula is C7H13AlF3NO. The summed E-state index contributed by atoms with van der Waals surface area (Å²) in [6.45, 7) is 1.53. The number of nitrogens with two attached hydrogens (primary N) is 1. The Morgan fingerprint density at radius 3 is 2.46 bits per heavy atom. The smallest absolute Gasteiger partial charge is 0.380 e. The number of rotatable bonds is 0. The van der Waals surface area contributed by atoms with Gasteiger partial charge in [0, 0.05) is 11.0 Å². The Morgan fingerprint density at radius 2 is 2.00 bits per heavy atom. The highest BCUT2D eigenvalue weighted by atomic mass is 27.0. The topological polar surface area (TPSA) is 35.2 Å². The van der Waals surface area contributed by atoms with E-state index in [0.29, 0.717) is 22.7 Å². The summed E-state index contributed by atoms with van der Waals surface area (Å²) in [5.41, 5.74) is 5.62. The third-order valence-corrected chi connectivity index (χ3v) is 3.58. The molecule has 1 aliphatic rings. The van der Waals surface area contributed by atoms with E-state index in [9.17, 15) is 13.2 Å². The molecule has 0 aromatic rings. The van der Waals surface area contributed by atoms with E-state index in [2.05, 4.69) is 0 Å². The standard InChI is InChI=1S/C7H11F3NO.Al.2H/c1-4-2-5(11)3-12-6(4)7(8,9)10;;;/h3-6H,2,11H2,1H3;;;/t4-,5+,6-;;;/m1.../s1. The van der Waals surface area contributed by atoms with Crippen molar-refractivity contribution in [2.24, 2.45) is 11.7 Å². The van der Waals surface area contributed by atoms with Gasteiger partial charge in [-0.1, -0.05) is 6.92 Å². The van der Waals surface area contributed by atoms with Crippen molar-refractivity contribution >= 4 is 16.3 Å². The monoisotopic (exact) mass is 211 g/mol. The number of hydrogen-bond acceptors (Lipinski definition) is 2. The molecule has 0 radical (unpaired) electrons. The third kappa shape index (κ3) is 2.60. The number of hydrogen-bond donors (Lipinski definition) is 1. The molecule has 0 aromatic heterocycles. The van der Waals surface area contributed by atoms with Crippen molar-refractivity contribution in [2.75, 3.05) is 0 Å². The van der Waals surface area contributed by atoms with Crippen LogP contribution in [0, 0.1) is 5.92 Å². The fourth-order valence-corrected chi connectivity index (χ4v) is 2.18. The minimum atomic E-state index is -4.25. The average molecular weight is 211 g/mol. The van der Waals surface area contributed by atoms with Gasteiger partial charge in [-0.15, -0.1) is 0 Å². The molecule has 0 aliphatic carbocycles. The average Bonchev–Trinajstić information content (AvgIpc) is 1.94. The van der Waals surface area contributed by atoms with Crippen LogP contribution in [0.15, 0.2) is 0 Å². The Balaban J connectivity index is 2.67. The second-order valence-electron chi connectivity index (χ2n) is 3.68. The summed E-state index contributed by atoms with van der Waals surface area (Å²) in [4.78, 5) is -0.372. The molecule has 1 rings (SSSR count). The minimum Gasteiger partial charge on any atom is -0.380 e. The predicted octanol–water partition coefficient (Wildman–Crippen LogP) is 0.260. The lowest BCUT2D eigenvalue weighted by Gasteiger charge is -2.38. The lowest BCUT2D eigenvalue weighted by atomic mass is 9.93. The molecule has 6 heteroatoms. The maximum absolute atomic E-state index is 12.3. The van der Waals surface area contributed by atoms with Crippen molar-refractivity contribution in [3.63, 3.8) is 0 Å². The second kappa shape index (κ2) is 3.78. The highest BCUT2D eigenvalue weighted by Gasteiger charge is 2.48. The van der Waals surface area contributed by atoms with Gasteiger partial charge in [-0.05, 0) is 12.3 Å². The summed E-state index contributed by atoms with van der Waals surface area (Å²) in [6, 6.07) is -0.222. The molecule has 0 bridgehead atoms. The Morgan fingerprint density at radius 1 is 1.46 bits per heavy atom. The van der Waals surface area contributed by atoms with E-state index in [-0.39, 0.29) is 11.0 Å². The van der Waals surface area contributed by atoms with Crippen LogP contribution in [0.4, 0.5) is 13.2 Å². The molecular weight excluding hydrogens is 198 g/mol. The van der Waals surface area contributed by atoms with Gasteiger partial charge in [0.1, 0.15) is 0 Å². The van der Waals surface area contributed by atoms with Crippen molar-refractivity contribution in [2.45, 2.75) is 36.6 Å². The van der Waals surface area contributed by atoms with E-state index in [0.717, 1.165) is 0 Å². The zero-order valence-corrected chi connectivity index (χ0v) is 9.64. The summed E-state index contributed by atoms with van der Waals surface area (Å²) in [6.07, 6.45) is -5.46. The summed E-state index contributed by atoms with van der Waals surface area (Å²) in [5, 5.41) is 0. The fourth-order valence-electron chi connectivity index (χ4n) is 1.61. The molecule has 1 fully saturated rings. The first kappa shape index (κ1) is 11.3. The van der Waals surface area contributed by atoms with Crippen molar-refractivity contribution in [1.29, 1.82) is 0 Å². The van der Waals surface area contributed by atoms with Crippen LogP contribution in [0.2, 0.25) is 0 Å². The quantitative estimate of drug-likeness (QED) is 0.583. The molecule has 0 saturated carbocycles. The zero-order chi connectivity index (χ0) is 10.2. The van der Waals surface area contributed by atoms with Gasteiger partial charge < -0.3 is 10.5 Å². The first-order valence-electron chi connectivity index (χ1n) is 4.30. The van der Waals surface area contributed by atoms with Gasteiger partial charge in [-0.3, -0.25) is 0 Å². The lowest BCUT2D eigenvalue weighted by Crippen LogP contribution is -2.52. The highest BCUT2D eigenvalue weighted by molar-refractivity contribution is 6.11. The molecule has 0 aromatic carbocycles. The van der Waals surface area contributed by atoms with Gasteiger partial charge in [0.25, 0.3) is 16.3 Å². The van der Waals surface area contributed by atoms with Crippen molar-refractivity contribution in [1.82, 2.24) is 0 Å². The van der Waals surface area contributed by atoms with E-state index < -0.39 is 18.2 Å². The molecule has 0 spiro atoms. The first-order chi connectivity index (χ1) is 5.82. The van der Waals surface area contributed by atoms with Crippen molar-refractivity contribution < 1.29 is 17.9 Å². The van der Waals surface area contributed by atoms with E-state index in [1.807, 2.05) is 0 Å². The van der Waals surface area contributed by atoms with E-state index in [1.54, 1.807) is 0 Å². The molecule has 13 heavy (non-hydrogen) atoms. The molecule has 4 atom stereocenters. The number of ether oxygens (including phenoxy) is 1. The predicted molar refractivity (Wildman–Crippen MR) is 45.0 cm³/mol. The number of alkyl halides is 3. The van der Waals surface area contributed by atoms with Crippen LogP contribution in [-0.2, 0) is 4.74 Å². The zero-order valence-electron chi connectivity index (χ0n) is 7.64. The number of halogens is 3. The van der Waals surface area contributed by atoms with E-state index in [1.165, 1.54) is 6.92 Å². The van der Waals surface area contributed by atoms with Crippen LogP contribution >= 0.6 is 0 Å². The maximum atomic E-state index is 12.3. The molecule has 0 amide bonds. The van der Waals surface area contributed by atoms with Gasteiger partial charge in [-0.2, -0.15) is 13.2 Å². The van der Waals surface area contributed by atoms with Crippen LogP contribution in [0.25, 0.3) is 0 Å². The summed E-state index contributed by atoms with van der Waals surface area (Å²) in [7, 11) is 0. The van der Waals surface area contributed by atoms with Gasteiger partial charge in [0.05, 0.1) is 0 Å². The molecule has 0 unspecified atom stereocenters. The third-order valence-electron chi connectivity index (χ3n) is 2.45. The molecule has 2 nitrogen and oxygen atoms in total. The Labute approximate surface area is 83.0 Å². The molecule has 2 N–H and O–H groups in total. The van der Waals surface area contributed by atoms with Crippen LogP contribution < -0.4 is 5.73 Å². The highest BCUT2D eigenvalue weighted by Crippen LogP contribution is 2.34. The van der Waals surface area contributed by atoms with Crippen molar-refractivity contribution in [3.05, 3.63) is 0 Å². The lowest BCUT2D eigenvalue weighted by molar-refractivity contribution is -0.252. The normalized spacial score (nSPS) is 41.9. The molecule has 1 saturated heterocycles. The molecule has 1 heterocycles. The SMILES string of the molecule is C[C@@H]1C[C@H](N)[C@@H]([AlH2])O[C@H]1C(F)(F)F. The summed E-state index contributed by atoms with van der Waals surface area (Å²) < 4.78 is 41.9. The minimum absolute atomic E-state index is 0.222. The van der Waals surface area contributed by atoms with E-state index in [4.69, 9.17) is 10.5 Å². The Hall–Kier alpha value is 0.242. The van der Waals surface area contributed by atoms with Gasteiger partial charge in [-0.25, -0.2) is 0 Å². The maximum Gasteiger partial charge on any atom is 0.414 e. The largest absolute Gasteiger partial charge is 0.414 e. The summed E-state index contributed by atoms with van der Waals surface area (Å²) >= 11 is 0.550. The molecule has 1 aliphatic heterocycles. The van der Waals surface area contributed by atoms with Crippen LogP contribution in [0.5, 0.6) is 0 Å². The van der Waals surface area contributed by atoms with Crippen LogP contribution in [0.1, 0.15) is 13.3 Å².